The Labute approximate surface area is 113 Å². The van der Waals surface area contributed by atoms with Gasteiger partial charge in [0.15, 0.2) is 0 Å². The van der Waals surface area contributed by atoms with E-state index in [4.69, 9.17) is 5.11 Å². The van der Waals surface area contributed by atoms with Gasteiger partial charge >= 0.3 is 5.97 Å². The molecule has 0 bridgehead atoms. The monoisotopic (exact) mass is 282 g/mol. The maximum atomic E-state index is 11.7. The number of aliphatic carboxylic acids is 1. The zero-order chi connectivity index (χ0) is 13.8. The van der Waals surface area contributed by atoms with Crippen molar-refractivity contribution in [2.75, 3.05) is 13.6 Å². The first kappa shape index (κ1) is 13.6. The third-order valence-corrected chi connectivity index (χ3v) is 3.28. The molecule has 2 aromatic rings. The van der Waals surface area contributed by atoms with Crippen LogP contribution in [0.1, 0.15) is 18.5 Å². The van der Waals surface area contributed by atoms with Crippen LogP contribution in [0.15, 0.2) is 16.4 Å². The molecule has 0 radical (unpaired) electrons. The average molecular weight is 282 g/mol. The summed E-state index contributed by atoms with van der Waals surface area (Å²) >= 11 is 1.31. The number of carboxylic acids is 1. The van der Waals surface area contributed by atoms with Gasteiger partial charge in [-0.15, -0.1) is 0 Å². The van der Waals surface area contributed by atoms with Crippen LogP contribution >= 0.6 is 11.3 Å². The van der Waals surface area contributed by atoms with Gasteiger partial charge in [0.1, 0.15) is 5.51 Å². The number of carbonyl (C=O) groups is 1. The molecule has 19 heavy (non-hydrogen) atoms. The smallest absolute Gasteiger partial charge is 0.303 e. The molecule has 0 aliphatic rings. The van der Waals surface area contributed by atoms with Crippen molar-refractivity contribution in [2.24, 2.45) is 0 Å². The van der Waals surface area contributed by atoms with Crippen molar-refractivity contribution >= 4 is 22.3 Å². The predicted octanol–water partition coefficient (Wildman–Crippen LogP) is 0.448. The second-order valence-electron chi connectivity index (χ2n) is 4.25. The number of rotatable bonds is 6. The van der Waals surface area contributed by atoms with Crippen LogP contribution in [0.25, 0.3) is 4.96 Å². The summed E-state index contributed by atoms with van der Waals surface area (Å²) in [5, 5.41) is 12.5. The van der Waals surface area contributed by atoms with Gasteiger partial charge in [0.25, 0.3) is 5.56 Å². The predicted molar refractivity (Wildman–Crippen MR) is 70.3 cm³/mol. The molecule has 8 heteroatoms. The van der Waals surface area contributed by atoms with Crippen molar-refractivity contribution in [3.05, 3.63) is 27.6 Å². The Kier molecular flexibility index (Phi) is 4.23. The topological polar surface area (TPSA) is 87.8 Å². The molecule has 2 aromatic heterocycles. The molecule has 102 valence electrons. The molecule has 0 amide bonds. The van der Waals surface area contributed by atoms with E-state index in [1.165, 1.54) is 21.9 Å². The Morgan fingerprint density at radius 3 is 3.11 bits per heavy atom. The molecule has 2 rings (SSSR count). The van der Waals surface area contributed by atoms with Crippen molar-refractivity contribution in [1.29, 1.82) is 0 Å². The summed E-state index contributed by atoms with van der Waals surface area (Å²) in [6.45, 7) is 1.17. The lowest BCUT2D eigenvalue weighted by atomic mass is 10.3. The summed E-state index contributed by atoms with van der Waals surface area (Å²) in [5.41, 5.74) is 2.05. The minimum absolute atomic E-state index is 0.147. The number of hydrogen-bond acceptors (Lipinski definition) is 6. The van der Waals surface area contributed by atoms with Gasteiger partial charge in [0, 0.05) is 19.0 Å². The van der Waals surface area contributed by atoms with Gasteiger partial charge < -0.3 is 10.0 Å². The van der Waals surface area contributed by atoms with Crippen molar-refractivity contribution in [1.82, 2.24) is 19.5 Å². The second kappa shape index (κ2) is 5.89. The maximum Gasteiger partial charge on any atom is 0.303 e. The van der Waals surface area contributed by atoms with E-state index in [9.17, 15) is 9.59 Å². The molecule has 7 nitrogen and oxygen atoms in total. The molecule has 2 heterocycles. The normalized spacial score (nSPS) is 11.3. The van der Waals surface area contributed by atoms with E-state index in [2.05, 4.69) is 10.1 Å². The van der Waals surface area contributed by atoms with Crippen LogP contribution in [0.3, 0.4) is 0 Å². The molecule has 0 aliphatic heterocycles. The van der Waals surface area contributed by atoms with Crippen LogP contribution in [0.5, 0.6) is 0 Å². The van der Waals surface area contributed by atoms with Gasteiger partial charge in [0.2, 0.25) is 4.96 Å². The first-order chi connectivity index (χ1) is 9.06. The molecule has 0 aliphatic carbocycles. The zero-order valence-corrected chi connectivity index (χ0v) is 11.3. The summed E-state index contributed by atoms with van der Waals surface area (Å²) in [7, 11) is 1.87. The van der Waals surface area contributed by atoms with Crippen molar-refractivity contribution in [3.63, 3.8) is 0 Å². The number of fused-ring (bicyclic) bond motifs is 1. The summed E-state index contributed by atoms with van der Waals surface area (Å²) in [6.07, 6.45) is 0.724. The molecule has 0 saturated carbocycles. The standard InChI is InChI=1S/C11H14N4O3S/c1-14(4-2-3-10(17)18)6-8-5-9(16)15-11(13-8)19-7-12-15/h5,7H,2-4,6H2,1H3,(H,17,18). The molecule has 0 atom stereocenters. The molecule has 0 unspecified atom stereocenters. The Morgan fingerprint density at radius 1 is 1.58 bits per heavy atom. The number of carboxylic acid groups (broad SMARTS) is 1. The lowest BCUT2D eigenvalue weighted by Crippen LogP contribution is -2.23. The van der Waals surface area contributed by atoms with Gasteiger partial charge in [-0.25, -0.2) is 4.98 Å². The molecule has 0 saturated heterocycles. The van der Waals surface area contributed by atoms with Crippen molar-refractivity contribution in [3.8, 4) is 0 Å². The number of nitrogens with zero attached hydrogens (tertiary/aromatic N) is 4. The van der Waals surface area contributed by atoms with E-state index < -0.39 is 5.97 Å². The highest BCUT2D eigenvalue weighted by molar-refractivity contribution is 7.14. The number of hydrogen-bond donors (Lipinski definition) is 1. The van der Waals surface area contributed by atoms with Crippen LogP contribution in [0, 0.1) is 0 Å². The molecular formula is C11H14N4O3S. The molecule has 0 aromatic carbocycles. The summed E-state index contributed by atoms with van der Waals surface area (Å²) < 4.78 is 1.26. The Hall–Kier alpha value is -1.80. The second-order valence-corrected chi connectivity index (χ2v) is 5.07. The highest BCUT2D eigenvalue weighted by Gasteiger charge is 2.07. The third-order valence-electron chi connectivity index (χ3n) is 2.60. The minimum Gasteiger partial charge on any atom is -0.481 e. The quantitative estimate of drug-likeness (QED) is 0.827. The van der Waals surface area contributed by atoms with Crippen molar-refractivity contribution in [2.45, 2.75) is 19.4 Å². The van der Waals surface area contributed by atoms with E-state index >= 15 is 0 Å². The first-order valence-corrected chi connectivity index (χ1v) is 6.67. The third kappa shape index (κ3) is 3.58. The summed E-state index contributed by atoms with van der Waals surface area (Å²) in [6, 6.07) is 1.46. The molecular weight excluding hydrogens is 268 g/mol. The fourth-order valence-electron chi connectivity index (χ4n) is 1.74. The maximum absolute atomic E-state index is 11.7. The first-order valence-electron chi connectivity index (χ1n) is 5.79. The fraction of sp³-hybridized carbons (Fsp3) is 0.455. The summed E-state index contributed by atoms with van der Waals surface area (Å²) in [4.78, 5) is 29.0. The largest absolute Gasteiger partial charge is 0.481 e. The summed E-state index contributed by atoms with van der Waals surface area (Å²) in [5.74, 6) is -0.796. The van der Waals surface area contributed by atoms with Crippen LogP contribution in [-0.2, 0) is 11.3 Å². The van der Waals surface area contributed by atoms with E-state index in [-0.39, 0.29) is 12.0 Å². The minimum atomic E-state index is -0.796. The van der Waals surface area contributed by atoms with Crippen LogP contribution < -0.4 is 5.56 Å². The van der Waals surface area contributed by atoms with Crippen LogP contribution in [-0.4, -0.2) is 44.2 Å². The Bertz CT molecular complexity index is 636. The van der Waals surface area contributed by atoms with Gasteiger partial charge in [0.05, 0.1) is 5.69 Å². The van der Waals surface area contributed by atoms with Crippen molar-refractivity contribution < 1.29 is 9.90 Å². The van der Waals surface area contributed by atoms with Crippen LogP contribution in [0.2, 0.25) is 0 Å². The van der Waals surface area contributed by atoms with Gasteiger partial charge in [-0.05, 0) is 20.0 Å². The fourth-order valence-corrected chi connectivity index (χ4v) is 2.38. The van der Waals surface area contributed by atoms with E-state index in [1.807, 2.05) is 11.9 Å². The van der Waals surface area contributed by atoms with Gasteiger partial charge in [-0.3, -0.25) is 9.59 Å². The zero-order valence-electron chi connectivity index (χ0n) is 10.4. The van der Waals surface area contributed by atoms with E-state index in [1.54, 1.807) is 5.51 Å². The Balaban J connectivity index is 2.00. The number of aromatic nitrogens is 3. The highest BCUT2D eigenvalue weighted by atomic mass is 32.1. The van der Waals surface area contributed by atoms with Gasteiger partial charge in [-0.2, -0.15) is 9.61 Å². The average Bonchev–Trinajstić information content (AvgIpc) is 2.76. The molecule has 0 fully saturated rings. The lowest BCUT2D eigenvalue weighted by Gasteiger charge is -2.15. The highest BCUT2D eigenvalue weighted by Crippen LogP contribution is 2.06. The van der Waals surface area contributed by atoms with E-state index in [0.717, 1.165) is 0 Å². The molecule has 1 N–H and O–H groups in total. The lowest BCUT2D eigenvalue weighted by molar-refractivity contribution is -0.137. The molecule has 0 spiro atoms. The van der Waals surface area contributed by atoms with Crippen LogP contribution in [0.4, 0.5) is 0 Å². The van der Waals surface area contributed by atoms with Gasteiger partial charge in [-0.1, -0.05) is 11.3 Å². The SMILES string of the molecule is CN(CCCC(=O)O)Cc1cc(=O)n2ncsc2n1. The Morgan fingerprint density at radius 2 is 2.37 bits per heavy atom. The van der Waals surface area contributed by atoms with E-state index in [0.29, 0.717) is 30.2 Å².